The van der Waals surface area contributed by atoms with Crippen LogP contribution in [0.1, 0.15) is 30.1 Å². The van der Waals surface area contributed by atoms with Crippen molar-refractivity contribution in [2.24, 2.45) is 0 Å². The van der Waals surface area contributed by atoms with Crippen molar-refractivity contribution in [3.63, 3.8) is 0 Å². The highest BCUT2D eigenvalue weighted by atomic mass is 15.2. The lowest BCUT2D eigenvalue weighted by Crippen LogP contribution is -2.23. The van der Waals surface area contributed by atoms with Crippen molar-refractivity contribution in [1.29, 1.82) is 0 Å². The van der Waals surface area contributed by atoms with Gasteiger partial charge >= 0.3 is 0 Å². The molecule has 4 nitrogen and oxygen atoms in total. The highest BCUT2D eigenvalue weighted by molar-refractivity contribution is 5.12. The summed E-state index contributed by atoms with van der Waals surface area (Å²) in [6.07, 6.45) is 8.02. The Kier molecular flexibility index (Phi) is 2.88. The van der Waals surface area contributed by atoms with Crippen molar-refractivity contribution in [2.45, 2.75) is 25.4 Å². The van der Waals surface area contributed by atoms with Gasteiger partial charge in [-0.1, -0.05) is 0 Å². The van der Waals surface area contributed by atoms with E-state index < -0.39 is 0 Å². The normalized spacial score (nSPS) is 20.8. The Morgan fingerprint density at radius 1 is 1.24 bits per heavy atom. The largest absolute Gasteiger partial charge is 0.291 e. The van der Waals surface area contributed by atoms with Gasteiger partial charge in [-0.25, -0.2) is 0 Å². The van der Waals surface area contributed by atoms with Gasteiger partial charge in [0.2, 0.25) is 0 Å². The van der Waals surface area contributed by atoms with Gasteiger partial charge in [-0.3, -0.25) is 15.0 Å². The zero-order valence-corrected chi connectivity index (χ0v) is 9.71. The number of rotatable bonds is 3. The molecule has 2 aromatic heterocycles. The van der Waals surface area contributed by atoms with Crippen LogP contribution in [0, 0.1) is 0 Å². The molecule has 1 N–H and O–H groups in total. The second-order valence-corrected chi connectivity index (χ2v) is 4.50. The molecule has 0 amide bonds. The third kappa shape index (κ3) is 2.22. The molecule has 0 aliphatic carbocycles. The number of hydrogen-bond donors (Lipinski definition) is 1. The molecule has 1 atom stereocenters. The lowest BCUT2D eigenvalue weighted by Gasteiger charge is -2.23. The predicted molar refractivity (Wildman–Crippen MR) is 65.2 cm³/mol. The first-order valence-electron chi connectivity index (χ1n) is 6.06. The average Bonchev–Trinajstić information content (AvgIpc) is 3.00. The maximum Gasteiger partial charge on any atom is 0.0523 e. The number of aromatic amines is 1. The topological polar surface area (TPSA) is 44.8 Å². The quantitative estimate of drug-likeness (QED) is 0.875. The molecule has 0 aromatic carbocycles. The fraction of sp³-hybridized carbons (Fsp3) is 0.385. The first-order valence-corrected chi connectivity index (χ1v) is 6.06. The van der Waals surface area contributed by atoms with Gasteiger partial charge in [0, 0.05) is 25.1 Å². The monoisotopic (exact) mass is 228 g/mol. The van der Waals surface area contributed by atoms with Crippen LogP contribution in [-0.2, 0) is 6.54 Å². The maximum atomic E-state index is 4.05. The molecule has 0 bridgehead atoms. The van der Waals surface area contributed by atoms with E-state index in [9.17, 15) is 0 Å². The SMILES string of the molecule is c1cc(CN2CCC[C@H]2c2ccn[nH]2)ccn1. The molecule has 0 unspecified atom stereocenters. The highest BCUT2D eigenvalue weighted by Crippen LogP contribution is 2.31. The van der Waals surface area contributed by atoms with Crippen LogP contribution in [0.3, 0.4) is 0 Å². The molecular weight excluding hydrogens is 212 g/mol. The van der Waals surface area contributed by atoms with Gasteiger partial charge in [0.05, 0.1) is 11.7 Å². The van der Waals surface area contributed by atoms with Crippen LogP contribution in [-0.4, -0.2) is 26.6 Å². The van der Waals surface area contributed by atoms with Gasteiger partial charge in [-0.15, -0.1) is 0 Å². The standard InChI is InChI=1S/C13H16N4/c1-2-13(12-5-8-15-16-12)17(9-1)10-11-3-6-14-7-4-11/h3-8,13H,1-2,9-10H2,(H,15,16)/t13-/m0/s1. The van der Waals surface area contributed by atoms with Gasteiger partial charge in [0.1, 0.15) is 0 Å². The molecule has 88 valence electrons. The highest BCUT2D eigenvalue weighted by Gasteiger charge is 2.26. The Hall–Kier alpha value is -1.68. The minimum atomic E-state index is 0.491. The first-order chi connectivity index (χ1) is 8.43. The van der Waals surface area contributed by atoms with Gasteiger partial charge in [0.15, 0.2) is 0 Å². The van der Waals surface area contributed by atoms with Crippen LogP contribution >= 0.6 is 0 Å². The summed E-state index contributed by atoms with van der Waals surface area (Å²) in [5.74, 6) is 0. The molecule has 3 rings (SSSR count). The number of nitrogens with zero attached hydrogens (tertiary/aromatic N) is 3. The van der Waals surface area contributed by atoms with E-state index in [1.165, 1.54) is 24.1 Å². The van der Waals surface area contributed by atoms with E-state index in [0.717, 1.165) is 13.1 Å². The van der Waals surface area contributed by atoms with Crippen molar-refractivity contribution in [3.05, 3.63) is 48.0 Å². The third-order valence-electron chi connectivity index (χ3n) is 3.38. The summed E-state index contributed by atoms with van der Waals surface area (Å²) in [6, 6.07) is 6.74. The van der Waals surface area contributed by atoms with E-state index in [-0.39, 0.29) is 0 Å². The van der Waals surface area contributed by atoms with E-state index in [2.05, 4.69) is 38.3 Å². The second kappa shape index (κ2) is 4.67. The van der Waals surface area contributed by atoms with Crippen molar-refractivity contribution in [1.82, 2.24) is 20.1 Å². The van der Waals surface area contributed by atoms with Gasteiger partial charge in [-0.2, -0.15) is 5.10 Å². The summed E-state index contributed by atoms with van der Waals surface area (Å²) in [6.45, 7) is 2.15. The Balaban J connectivity index is 1.75. The number of pyridine rings is 1. The van der Waals surface area contributed by atoms with Gasteiger partial charge < -0.3 is 0 Å². The summed E-state index contributed by atoms with van der Waals surface area (Å²) in [5, 5.41) is 7.14. The van der Waals surface area contributed by atoms with Crippen molar-refractivity contribution < 1.29 is 0 Å². The van der Waals surface area contributed by atoms with Gasteiger partial charge in [0.25, 0.3) is 0 Å². The molecule has 1 fully saturated rings. The minimum Gasteiger partial charge on any atom is -0.291 e. The van der Waals surface area contributed by atoms with E-state index in [1.807, 2.05) is 18.6 Å². The number of hydrogen-bond acceptors (Lipinski definition) is 3. The van der Waals surface area contributed by atoms with Crippen LogP contribution in [0.4, 0.5) is 0 Å². The zero-order valence-electron chi connectivity index (χ0n) is 9.71. The van der Waals surface area contributed by atoms with Crippen LogP contribution in [0.5, 0.6) is 0 Å². The molecular formula is C13H16N4. The molecule has 1 aliphatic heterocycles. The summed E-state index contributed by atoms with van der Waals surface area (Å²) in [4.78, 5) is 6.56. The summed E-state index contributed by atoms with van der Waals surface area (Å²) in [7, 11) is 0. The van der Waals surface area contributed by atoms with Crippen molar-refractivity contribution >= 4 is 0 Å². The van der Waals surface area contributed by atoms with E-state index in [1.54, 1.807) is 0 Å². The molecule has 0 saturated carbocycles. The fourth-order valence-electron chi connectivity index (χ4n) is 2.54. The Bertz CT molecular complexity index is 452. The van der Waals surface area contributed by atoms with E-state index in [4.69, 9.17) is 0 Å². The van der Waals surface area contributed by atoms with Crippen molar-refractivity contribution in [3.8, 4) is 0 Å². The fourth-order valence-corrected chi connectivity index (χ4v) is 2.54. The van der Waals surface area contributed by atoms with Crippen LogP contribution < -0.4 is 0 Å². The van der Waals surface area contributed by atoms with E-state index in [0.29, 0.717) is 6.04 Å². The lowest BCUT2D eigenvalue weighted by molar-refractivity contribution is 0.244. The molecule has 0 radical (unpaired) electrons. The summed E-state index contributed by atoms with van der Waals surface area (Å²) < 4.78 is 0. The summed E-state index contributed by atoms with van der Waals surface area (Å²) in [5.41, 5.74) is 2.56. The van der Waals surface area contributed by atoms with Crippen LogP contribution in [0.15, 0.2) is 36.8 Å². The average molecular weight is 228 g/mol. The first kappa shape index (κ1) is 10.5. The number of aromatic nitrogens is 3. The predicted octanol–water partition coefficient (Wildman–Crippen LogP) is 2.14. The smallest absolute Gasteiger partial charge is 0.0523 e. The summed E-state index contributed by atoms with van der Waals surface area (Å²) >= 11 is 0. The van der Waals surface area contributed by atoms with Crippen LogP contribution in [0.2, 0.25) is 0 Å². The van der Waals surface area contributed by atoms with Gasteiger partial charge in [-0.05, 0) is 43.1 Å². The molecule has 17 heavy (non-hydrogen) atoms. The second-order valence-electron chi connectivity index (χ2n) is 4.50. The molecule has 1 saturated heterocycles. The molecule has 2 aromatic rings. The molecule has 0 spiro atoms. The third-order valence-corrected chi connectivity index (χ3v) is 3.38. The van der Waals surface area contributed by atoms with E-state index >= 15 is 0 Å². The minimum absolute atomic E-state index is 0.491. The maximum absolute atomic E-state index is 4.05. The number of H-pyrrole nitrogens is 1. The Morgan fingerprint density at radius 3 is 2.88 bits per heavy atom. The Morgan fingerprint density at radius 2 is 2.12 bits per heavy atom. The zero-order chi connectivity index (χ0) is 11.5. The number of nitrogens with one attached hydrogen (secondary N) is 1. The Labute approximate surface area is 101 Å². The lowest BCUT2D eigenvalue weighted by atomic mass is 10.1. The molecule has 3 heterocycles. The number of likely N-dealkylation sites (tertiary alicyclic amines) is 1. The molecule has 4 heteroatoms. The molecule has 1 aliphatic rings. The van der Waals surface area contributed by atoms with Crippen molar-refractivity contribution in [2.75, 3.05) is 6.54 Å². The van der Waals surface area contributed by atoms with Crippen LogP contribution in [0.25, 0.3) is 0 Å².